The molecule has 0 fully saturated rings. The Morgan fingerprint density at radius 2 is 1.81 bits per heavy atom. The van der Waals surface area contributed by atoms with Gasteiger partial charge in [0.05, 0.1) is 26.9 Å². The number of benzene rings is 2. The van der Waals surface area contributed by atoms with Crippen LogP contribution < -0.4 is 11.1 Å². The minimum Gasteiger partial charge on any atom is -0.398 e. The summed E-state index contributed by atoms with van der Waals surface area (Å²) in [6, 6.07) is 11.0. The number of nitrogens with two attached hydrogens (primary N) is 1. The maximum Gasteiger partial charge on any atom is 0.0958 e. The van der Waals surface area contributed by atoms with Crippen molar-refractivity contribution in [3.8, 4) is 0 Å². The quantitative estimate of drug-likeness (QED) is 0.564. The van der Waals surface area contributed by atoms with Crippen LogP contribution in [0.1, 0.15) is 0 Å². The monoisotopic (exact) mass is 381 g/mol. The summed E-state index contributed by atoms with van der Waals surface area (Å²) in [6.07, 6.45) is 1.72. The molecular formula is C15H10BrCl2N3. The third kappa shape index (κ3) is 2.79. The Kier molecular flexibility index (Phi) is 3.93. The van der Waals surface area contributed by atoms with Gasteiger partial charge in [0.1, 0.15) is 0 Å². The van der Waals surface area contributed by atoms with Gasteiger partial charge in [0.2, 0.25) is 0 Å². The predicted molar refractivity (Wildman–Crippen MR) is 93.6 cm³/mol. The Labute approximate surface area is 140 Å². The molecule has 1 aromatic heterocycles. The topological polar surface area (TPSA) is 50.9 Å². The average molecular weight is 383 g/mol. The minimum atomic E-state index is 0.546. The van der Waals surface area contributed by atoms with E-state index in [2.05, 4.69) is 26.2 Å². The van der Waals surface area contributed by atoms with Crippen LogP contribution in [0.25, 0.3) is 10.9 Å². The number of nitrogen functional groups attached to an aromatic ring is 1. The molecule has 0 aliphatic rings. The number of pyridine rings is 1. The largest absolute Gasteiger partial charge is 0.398 e. The van der Waals surface area contributed by atoms with E-state index in [0.29, 0.717) is 21.4 Å². The van der Waals surface area contributed by atoms with Gasteiger partial charge in [0, 0.05) is 21.7 Å². The first-order chi connectivity index (χ1) is 10.1. The number of halogens is 3. The van der Waals surface area contributed by atoms with Crippen LogP contribution in [0.2, 0.25) is 10.0 Å². The molecule has 3 rings (SSSR count). The fraction of sp³-hybridized carbons (Fsp3) is 0. The second kappa shape index (κ2) is 5.72. The summed E-state index contributed by atoms with van der Waals surface area (Å²) in [5.41, 5.74) is 8.87. The molecule has 3 N–H and O–H groups in total. The van der Waals surface area contributed by atoms with Crippen molar-refractivity contribution in [2.75, 3.05) is 11.1 Å². The highest BCUT2D eigenvalue weighted by atomic mass is 79.9. The molecule has 3 aromatic rings. The number of fused-ring (bicyclic) bond motifs is 1. The molecule has 0 aliphatic carbocycles. The predicted octanol–water partition coefficient (Wildman–Crippen LogP) is 5.63. The lowest BCUT2D eigenvalue weighted by Gasteiger charge is -2.13. The van der Waals surface area contributed by atoms with Crippen molar-refractivity contribution < 1.29 is 0 Å². The smallest absolute Gasteiger partial charge is 0.0958 e. The minimum absolute atomic E-state index is 0.546. The van der Waals surface area contributed by atoms with Crippen molar-refractivity contribution in [1.29, 1.82) is 0 Å². The maximum absolute atomic E-state index is 6.19. The molecule has 2 aromatic carbocycles. The molecule has 0 saturated carbocycles. The first-order valence-electron chi connectivity index (χ1n) is 6.11. The third-order valence-corrected chi connectivity index (χ3v) is 4.14. The summed E-state index contributed by atoms with van der Waals surface area (Å²) in [5, 5.41) is 5.18. The van der Waals surface area contributed by atoms with E-state index in [-0.39, 0.29) is 0 Å². The summed E-state index contributed by atoms with van der Waals surface area (Å²) in [6.45, 7) is 0. The van der Waals surface area contributed by atoms with Crippen LogP contribution in [0.4, 0.5) is 17.1 Å². The molecule has 0 unspecified atom stereocenters. The van der Waals surface area contributed by atoms with E-state index in [9.17, 15) is 0 Å². The van der Waals surface area contributed by atoms with Gasteiger partial charge >= 0.3 is 0 Å². The number of nitrogens with one attached hydrogen (secondary N) is 1. The summed E-state index contributed by atoms with van der Waals surface area (Å²) in [4.78, 5) is 4.42. The summed E-state index contributed by atoms with van der Waals surface area (Å²) < 4.78 is 0.870. The zero-order valence-electron chi connectivity index (χ0n) is 10.7. The zero-order chi connectivity index (χ0) is 15.0. The van der Waals surface area contributed by atoms with Gasteiger partial charge in [0.15, 0.2) is 0 Å². The highest BCUT2D eigenvalue weighted by Crippen LogP contribution is 2.36. The average Bonchev–Trinajstić information content (AvgIpc) is 2.45. The van der Waals surface area contributed by atoms with Crippen LogP contribution in [-0.4, -0.2) is 4.98 Å². The summed E-state index contributed by atoms with van der Waals surface area (Å²) in [5.74, 6) is 0. The SMILES string of the molecule is Nc1ccc(Nc2c(Cl)cccc2Cl)c2ncc(Br)cc12. The van der Waals surface area contributed by atoms with Gasteiger partial charge in [0.25, 0.3) is 0 Å². The fourth-order valence-corrected chi connectivity index (χ4v) is 2.89. The number of aromatic nitrogens is 1. The molecule has 0 atom stereocenters. The normalized spacial score (nSPS) is 10.8. The molecule has 0 spiro atoms. The van der Waals surface area contributed by atoms with E-state index in [0.717, 1.165) is 21.1 Å². The molecule has 1 heterocycles. The molecule has 3 nitrogen and oxygen atoms in total. The summed E-state index contributed by atoms with van der Waals surface area (Å²) in [7, 11) is 0. The number of rotatable bonds is 2. The second-order valence-corrected chi connectivity index (χ2v) is 6.20. The number of anilines is 3. The van der Waals surface area contributed by atoms with E-state index in [1.54, 1.807) is 24.4 Å². The Morgan fingerprint density at radius 3 is 2.52 bits per heavy atom. The standard InChI is InChI=1S/C15H10BrCl2N3/c16-8-6-9-12(19)4-5-13(14(9)20-7-8)21-15-10(17)2-1-3-11(15)18/h1-7,21H,19H2. The molecule has 106 valence electrons. The molecule has 0 bridgehead atoms. The fourth-order valence-electron chi connectivity index (χ4n) is 2.07. The third-order valence-electron chi connectivity index (χ3n) is 3.07. The molecule has 21 heavy (non-hydrogen) atoms. The van der Waals surface area contributed by atoms with Gasteiger partial charge in [-0.2, -0.15) is 0 Å². The van der Waals surface area contributed by atoms with Crippen molar-refractivity contribution in [1.82, 2.24) is 4.98 Å². The van der Waals surface area contributed by atoms with E-state index in [1.165, 1.54) is 0 Å². The van der Waals surface area contributed by atoms with Gasteiger partial charge in [-0.15, -0.1) is 0 Å². The van der Waals surface area contributed by atoms with Gasteiger partial charge < -0.3 is 11.1 Å². The highest BCUT2D eigenvalue weighted by Gasteiger charge is 2.10. The lowest BCUT2D eigenvalue weighted by molar-refractivity contribution is 1.38. The first kappa shape index (κ1) is 14.4. The van der Waals surface area contributed by atoms with E-state index >= 15 is 0 Å². The Bertz CT molecular complexity index is 816. The van der Waals surface area contributed by atoms with Crippen LogP contribution in [0.5, 0.6) is 0 Å². The van der Waals surface area contributed by atoms with E-state index < -0.39 is 0 Å². The maximum atomic E-state index is 6.19. The number of hydrogen-bond donors (Lipinski definition) is 2. The van der Waals surface area contributed by atoms with E-state index in [4.69, 9.17) is 28.9 Å². The van der Waals surface area contributed by atoms with Crippen LogP contribution >= 0.6 is 39.1 Å². The molecule has 0 radical (unpaired) electrons. The van der Waals surface area contributed by atoms with Crippen LogP contribution in [0.3, 0.4) is 0 Å². The first-order valence-corrected chi connectivity index (χ1v) is 7.66. The van der Waals surface area contributed by atoms with Crippen molar-refractivity contribution in [3.05, 3.63) is 57.1 Å². The Balaban J connectivity index is 2.16. The number of hydrogen-bond acceptors (Lipinski definition) is 3. The van der Waals surface area contributed by atoms with Crippen LogP contribution in [0.15, 0.2) is 47.1 Å². The van der Waals surface area contributed by atoms with E-state index in [1.807, 2.05) is 18.2 Å². The van der Waals surface area contributed by atoms with Crippen LogP contribution in [-0.2, 0) is 0 Å². The second-order valence-electron chi connectivity index (χ2n) is 4.47. The lowest BCUT2D eigenvalue weighted by Crippen LogP contribution is -1.97. The molecule has 0 saturated heterocycles. The zero-order valence-corrected chi connectivity index (χ0v) is 13.8. The Morgan fingerprint density at radius 1 is 1.10 bits per heavy atom. The number of para-hydroxylation sites is 1. The van der Waals surface area contributed by atoms with Crippen molar-refractivity contribution >= 4 is 67.1 Å². The van der Waals surface area contributed by atoms with Gasteiger partial charge in [-0.05, 0) is 46.3 Å². The molecule has 6 heteroatoms. The molecule has 0 amide bonds. The number of nitrogens with zero attached hydrogens (tertiary/aromatic N) is 1. The lowest BCUT2D eigenvalue weighted by atomic mass is 10.1. The van der Waals surface area contributed by atoms with Gasteiger partial charge in [-0.1, -0.05) is 29.3 Å². The van der Waals surface area contributed by atoms with Crippen LogP contribution in [0, 0.1) is 0 Å². The van der Waals surface area contributed by atoms with Gasteiger partial charge in [-0.3, -0.25) is 4.98 Å². The highest BCUT2D eigenvalue weighted by molar-refractivity contribution is 9.10. The molecule has 0 aliphatic heterocycles. The Hall–Kier alpha value is -1.49. The van der Waals surface area contributed by atoms with Crippen molar-refractivity contribution in [2.24, 2.45) is 0 Å². The van der Waals surface area contributed by atoms with Gasteiger partial charge in [-0.25, -0.2) is 0 Å². The van der Waals surface area contributed by atoms with Crippen molar-refractivity contribution in [3.63, 3.8) is 0 Å². The summed E-state index contributed by atoms with van der Waals surface area (Å²) >= 11 is 15.8. The van der Waals surface area contributed by atoms with Crippen molar-refractivity contribution in [2.45, 2.75) is 0 Å². The molecular weight excluding hydrogens is 373 g/mol.